The minimum absolute atomic E-state index is 0.00443. The third-order valence-electron chi connectivity index (χ3n) is 3.84. The van der Waals surface area contributed by atoms with Crippen molar-refractivity contribution in [1.82, 2.24) is 0 Å². The SMILES string of the molecule is CC(CC(=O)Nc1cccc(CC(=O)O)c1)c1cccc(C(F)(F)F)c1. The zero-order chi connectivity index (χ0) is 19.3. The molecule has 2 N–H and O–H groups in total. The summed E-state index contributed by atoms with van der Waals surface area (Å²) in [5.74, 6) is -1.74. The van der Waals surface area contributed by atoms with Crippen LogP contribution >= 0.6 is 0 Å². The highest BCUT2D eigenvalue weighted by atomic mass is 19.4. The lowest BCUT2D eigenvalue weighted by molar-refractivity contribution is -0.138. The number of amides is 1. The Morgan fingerprint density at radius 1 is 1.12 bits per heavy atom. The molecule has 138 valence electrons. The minimum Gasteiger partial charge on any atom is -0.481 e. The topological polar surface area (TPSA) is 66.4 Å². The number of hydrogen-bond acceptors (Lipinski definition) is 2. The quantitative estimate of drug-likeness (QED) is 0.794. The van der Waals surface area contributed by atoms with Gasteiger partial charge in [-0.3, -0.25) is 9.59 Å². The van der Waals surface area contributed by atoms with Gasteiger partial charge in [0.15, 0.2) is 0 Å². The zero-order valence-electron chi connectivity index (χ0n) is 14.0. The van der Waals surface area contributed by atoms with Crippen LogP contribution in [0.25, 0.3) is 0 Å². The van der Waals surface area contributed by atoms with E-state index in [1.54, 1.807) is 37.3 Å². The number of carboxylic acid groups (broad SMARTS) is 1. The summed E-state index contributed by atoms with van der Waals surface area (Å²) in [5.41, 5.74) is 0.671. The number of rotatable bonds is 6. The first-order valence-electron chi connectivity index (χ1n) is 7.93. The van der Waals surface area contributed by atoms with E-state index in [1.165, 1.54) is 6.07 Å². The van der Waals surface area contributed by atoms with E-state index in [1.807, 2.05) is 0 Å². The molecule has 0 saturated carbocycles. The third-order valence-corrected chi connectivity index (χ3v) is 3.84. The Kier molecular flexibility index (Phi) is 6.02. The van der Waals surface area contributed by atoms with E-state index >= 15 is 0 Å². The fourth-order valence-electron chi connectivity index (χ4n) is 2.56. The molecule has 0 saturated heterocycles. The van der Waals surface area contributed by atoms with E-state index in [9.17, 15) is 22.8 Å². The summed E-state index contributed by atoms with van der Waals surface area (Å²) < 4.78 is 38.4. The normalized spacial score (nSPS) is 12.5. The number of nitrogens with one attached hydrogen (secondary N) is 1. The Hall–Kier alpha value is -2.83. The molecule has 0 heterocycles. The van der Waals surface area contributed by atoms with Crippen LogP contribution in [0.3, 0.4) is 0 Å². The maximum atomic E-state index is 12.8. The van der Waals surface area contributed by atoms with Crippen molar-refractivity contribution >= 4 is 17.6 Å². The second-order valence-electron chi connectivity index (χ2n) is 6.05. The molecule has 2 aromatic rings. The summed E-state index contributed by atoms with van der Waals surface area (Å²) in [6.45, 7) is 1.68. The number of carbonyl (C=O) groups is 2. The fraction of sp³-hybridized carbons (Fsp3) is 0.263. The van der Waals surface area contributed by atoms with Crippen molar-refractivity contribution < 1.29 is 27.9 Å². The van der Waals surface area contributed by atoms with Crippen molar-refractivity contribution in [2.24, 2.45) is 0 Å². The molecule has 0 aromatic heterocycles. The summed E-state index contributed by atoms with van der Waals surface area (Å²) in [5, 5.41) is 11.4. The molecule has 0 bridgehead atoms. The van der Waals surface area contributed by atoms with E-state index < -0.39 is 23.6 Å². The summed E-state index contributed by atoms with van der Waals surface area (Å²) in [4.78, 5) is 22.9. The van der Waals surface area contributed by atoms with E-state index in [-0.39, 0.29) is 18.7 Å². The van der Waals surface area contributed by atoms with E-state index in [4.69, 9.17) is 5.11 Å². The highest BCUT2D eigenvalue weighted by Gasteiger charge is 2.30. The second-order valence-corrected chi connectivity index (χ2v) is 6.05. The Labute approximate surface area is 148 Å². The van der Waals surface area contributed by atoms with Crippen LogP contribution in [0.4, 0.5) is 18.9 Å². The third kappa shape index (κ3) is 5.61. The van der Waals surface area contributed by atoms with Gasteiger partial charge in [0.05, 0.1) is 12.0 Å². The summed E-state index contributed by atoms with van der Waals surface area (Å²) in [6, 6.07) is 11.4. The maximum Gasteiger partial charge on any atom is 0.416 e. The van der Waals surface area contributed by atoms with Gasteiger partial charge in [0.2, 0.25) is 5.91 Å². The Morgan fingerprint density at radius 2 is 1.81 bits per heavy atom. The van der Waals surface area contributed by atoms with Gasteiger partial charge in [-0.2, -0.15) is 13.2 Å². The van der Waals surface area contributed by atoms with Gasteiger partial charge in [0.1, 0.15) is 0 Å². The number of alkyl halides is 3. The molecule has 2 rings (SSSR count). The van der Waals surface area contributed by atoms with Gasteiger partial charge in [0.25, 0.3) is 0 Å². The van der Waals surface area contributed by atoms with Crippen LogP contribution in [0.15, 0.2) is 48.5 Å². The molecule has 1 atom stereocenters. The van der Waals surface area contributed by atoms with Gasteiger partial charge < -0.3 is 10.4 Å². The van der Waals surface area contributed by atoms with Crippen molar-refractivity contribution in [2.75, 3.05) is 5.32 Å². The minimum atomic E-state index is -4.43. The first kappa shape index (κ1) is 19.5. The first-order chi connectivity index (χ1) is 12.1. The van der Waals surface area contributed by atoms with Crippen molar-refractivity contribution in [2.45, 2.75) is 31.9 Å². The molecule has 0 radical (unpaired) electrons. The molecule has 0 aliphatic rings. The van der Waals surface area contributed by atoms with Gasteiger partial charge in [-0.25, -0.2) is 0 Å². The first-order valence-corrected chi connectivity index (χ1v) is 7.93. The van der Waals surface area contributed by atoms with Gasteiger partial charge >= 0.3 is 12.1 Å². The molecule has 0 aliphatic carbocycles. The van der Waals surface area contributed by atoms with Crippen LogP contribution in [0.1, 0.15) is 36.0 Å². The van der Waals surface area contributed by atoms with Crippen LogP contribution in [-0.4, -0.2) is 17.0 Å². The molecule has 26 heavy (non-hydrogen) atoms. The van der Waals surface area contributed by atoms with E-state index in [0.29, 0.717) is 16.8 Å². The lowest BCUT2D eigenvalue weighted by Gasteiger charge is -2.14. The predicted octanol–water partition coefficient (Wildman–Crippen LogP) is 4.46. The zero-order valence-corrected chi connectivity index (χ0v) is 14.0. The summed E-state index contributed by atoms with van der Waals surface area (Å²) >= 11 is 0. The Morgan fingerprint density at radius 3 is 2.46 bits per heavy atom. The average Bonchev–Trinajstić information content (AvgIpc) is 2.53. The molecule has 7 heteroatoms. The molecule has 0 spiro atoms. The average molecular weight is 365 g/mol. The Bertz CT molecular complexity index is 803. The monoisotopic (exact) mass is 365 g/mol. The summed E-state index contributed by atoms with van der Waals surface area (Å²) in [6.07, 6.45) is -4.59. The van der Waals surface area contributed by atoms with Gasteiger partial charge in [-0.15, -0.1) is 0 Å². The lowest BCUT2D eigenvalue weighted by atomic mass is 9.95. The summed E-state index contributed by atoms with van der Waals surface area (Å²) in [7, 11) is 0. The number of aliphatic carboxylic acids is 1. The number of hydrogen-bond donors (Lipinski definition) is 2. The standard InChI is InChI=1S/C19H18F3NO3/c1-12(14-5-3-6-15(11-14)19(20,21)22)8-17(24)23-16-7-2-4-13(9-16)10-18(25)26/h2-7,9,11-12H,8,10H2,1H3,(H,23,24)(H,25,26). The number of halogens is 3. The van der Waals surface area contributed by atoms with Gasteiger partial charge in [0, 0.05) is 12.1 Å². The molecule has 1 amide bonds. The van der Waals surface area contributed by atoms with Gasteiger partial charge in [-0.1, -0.05) is 37.3 Å². The van der Waals surface area contributed by atoms with Crippen molar-refractivity contribution in [3.8, 4) is 0 Å². The van der Waals surface area contributed by atoms with Crippen LogP contribution < -0.4 is 5.32 Å². The number of carboxylic acids is 1. The van der Waals surface area contributed by atoms with Crippen LogP contribution in [0.2, 0.25) is 0 Å². The lowest BCUT2D eigenvalue weighted by Crippen LogP contribution is -2.15. The van der Waals surface area contributed by atoms with Crippen molar-refractivity contribution in [3.05, 3.63) is 65.2 Å². The van der Waals surface area contributed by atoms with Crippen molar-refractivity contribution in [1.29, 1.82) is 0 Å². The smallest absolute Gasteiger partial charge is 0.416 e. The number of benzene rings is 2. The molecule has 0 fully saturated rings. The molecule has 1 unspecified atom stereocenters. The van der Waals surface area contributed by atoms with E-state index in [2.05, 4.69) is 5.32 Å². The highest BCUT2D eigenvalue weighted by Crippen LogP contribution is 2.31. The van der Waals surface area contributed by atoms with Gasteiger partial charge in [-0.05, 0) is 35.2 Å². The molecule has 0 aliphatic heterocycles. The maximum absolute atomic E-state index is 12.8. The largest absolute Gasteiger partial charge is 0.481 e. The van der Waals surface area contributed by atoms with Crippen LogP contribution in [0.5, 0.6) is 0 Å². The molecular weight excluding hydrogens is 347 g/mol. The van der Waals surface area contributed by atoms with Crippen molar-refractivity contribution in [3.63, 3.8) is 0 Å². The van der Waals surface area contributed by atoms with Crippen LogP contribution in [0, 0.1) is 0 Å². The number of carbonyl (C=O) groups excluding carboxylic acids is 1. The highest BCUT2D eigenvalue weighted by molar-refractivity contribution is 5.91. The molecule has 2 aromatic carbocycles. The Balaban J connectivity index is 2.02. The predicted molar refractivity (Wildman–Crippen MR) is 90.9 cm³/mol. The van der Waals surface area contributed by atoms with Crippen LogP contribution in [-0.2, 0) is 22.2 Å². The second kappa shape index (κ2) is 8.03. The van der Waals surface area contributed by atoms with E-state index in [0.717, 1.165) is 12.1 Å². The molecular formula is C19H18F3NO3. The molecule has 4 nitrogen and oxygen atoms in total. The number of anilines is 1. The fourth-order valence-corrected chi connectivity index (χ4v) is 2.56.